The van der Waals surface area contributed by atoms with E-state index in [4.69, 9.17) is 0 Å². The first-order chi connectivity index (χ1) is 9.33. The third kappa shape index (κ3) is 4.74. The van der Waals surface area contributed by atoms with E-state index in [2.05, 4.69) is 5.43 Å². The molecule has 8 heteroatoms. The monoisotopic (exact) mass is 318 g/mol. The maximum Gasteiger partial charge on any atom is 0.257 e. The van der Waals surface area contributed by atoms with Crippen molar-refractivity contribution in [3.05, 3.63) is 30.3 Å². The lowest BCUT2D eigenvalue weighted by Crippen LogP contribution is -2.42. The van der Waals surface area contributed by atoms with E-state index in [0.717, 1.165) is 0 Å². The summed E-state index contributed by atoms with van der Waals surface area (Å²) in [5.74, 6) is -0.587. The maximum atomic E-state index is 12.1. The van der Waals surface area contributed by atoms with E-state index in [1.807, 2.05) is 4.83 Å². The van der Waals surface area contributed by atoms with E-state index in [-0.39, 0.29) is 11.1 Å². The summed E-state index contributed by atoms with van der Waals surface area (Å²) < 4.78 is 35.8. The summed E-state index contributed by atoms with van der Waals surface area (Å²) in [7, 11) is -6.33. The molecule has 2 N–H and O–H groups in total. The van der Waals surface area contributed by atoms with Crippen LogP contribution >= 0.6 is 7.14 Å². The van der Waals surface area contributed by atoms with Crippen LogP contribution in [0.25, 0.3) is 0 Å². The number of carbonyl (C=O) groups excluding carboxylic acids is 1. The van der Waals surface area contributed by atoms with Gasteiger partial charge < -0.3 is 4.57 Å². The van der Waals surface area contributed by atoms with Gasteiger partial charge in [-0.1, -0.05) is 32.0 Å². The molecule has 0 unspecified atom stereocenters. The Morgan fingerprint density at radius 2 is 1.70 bits per heavy atom. The summed E-state index contributed by atoms with van der Waals surface area (Å²) in [6.07, 6.45) is 0.683. The molecule has 0 spiro atoms. The van der Waals surface area contributed by atoms with Crippen LogP contribution in [-0.4, -0.2) is 32.8 Å². The fraction of sp³-hybridized carbons (Fsp3) is 0.417. The van der Waals surface area contributed by atoms with E-state index in [1.54, 1.807) is 32.0 Å². The van der Waals surface area contributed by atoms with Crippen molar-refractivity contribution in [1.29, 1.82) is 0 Å². The second-order valence-corrected chi connectivity index (χ2v) is 9.70. The number of rotatable bonds is 7. The molecule has 6 nitrogen and oxygen atoms in total. The molecule has 20 heavy (non-hydrogen) atoms. The predicted octanol–water partition coefficient (Wildman–Crippen LogP) is 1.40. The van der Waals surface area contributed by atoms with E-state index < -0.39 is 23.1 Å². The van der Waals surface area contributed by atoms with Crippen molar-refractivity contribution in [2.75, 3.05) is 18.5 Å². The Bertz CT molecular complexity index is 593. The van der Waals surface area contributed by atoms with E-state index in [9.17, 15) is 17.8 Å². The molecule has 0 fully saturated rings. The van der Waals surface area contributed by atoms with E-state index in [1.165, 1.54) is 12.1 Å². The molecule has 1 rings (SSSR count). The Morgan fingerprint density at radius 1 is 1.15 bits per heavy atom. The fourth-order valence-electron chi connectivity index (χ4n) is 1.53. The summed E-state index contributed by atoms with van der Waals surface area (Å²) in [4.78, 5) is 13.7. The minimum atomic E-state index is -3.80. The van der Waals surface area contributed by atoms with Crippen molar-refractivity contribution in [3.8, 4) is 0 Å². The summed E-state index contributed by atoms with van der Waals surface area (Å²) in [5, 5.41) is 0. The van der Waals surface area contributed by atoms with Crippen LogP contribution < -0.4 is 10.3 Å². The van der Waals surface area contributed by atoms with Crippen molar-refractivity contribution in [2.45, 2.75) is 18.7 Å². The van der Waals surface area contributed by atoms with E-state index in [0.29, 0.717) is 12.3 Å². The molecule has 0 saturated heterocycles. The molecule has 0 aliphatic carbocycles. The number of sulfonamides is 1. The Morgan fingerprint density at radius 3 is 2.20 bits per heavy atom. The van der Waals surface area contributed by atoms with Gasteiger partial charge in [-0.2, -0.15) is 0 Å². The number of carbonyl (C=O) groups is 1. The number of nitrogens with one attached hydrogen (secondary N) is 2. The van der Waals surface area contributed by atoms with Gasteiger partial charge in [0, 0.05) is 0 Å². The number of hydrogen-bond donors (Lipinski definition) is 2. The average Bonchev–Trinajstić information content (AvgIpc) is 2.46. The molecule has 0 aliphatic rings. The lowest BCUT2D eigenvalue weighted by Gasteiger charge is -2.14. The topological polar surface area (TPSA) is 92.3 Å². The normalized spacial score (nSPS) is 12.1. The molecule has 112 valence electrons. The van der Waals surface area contributed by atoms with Gasteiger partial charge in [0.25, 0.3) is 10.0 Å². The molecule has 0 aliphatic heterocycles. The lowest BCUT2D eigenvalue weighted by molar-refractivity contribution is -0.119. The van der Waals surface area contributed by atoms with Crippen LogP contribution in [0.15, 0.2) is 35.2 Å². The molecule has 0 heterocycles. The van der Waals surface area contributed by atoms with Crippen molar-refractivity contribution < 1.29 is 17.8 Å². The molecule has 1 aromatic carbocycles. The maximum absolute atomic E-state index is 12.1. The lowest BCUT2D eigenvalue weighted by atomic mass is 10.4. The highest BCUT2D eigenvalue weighted by Crippen LogP contribution is 2.43. The zero-order chi connectivity index (χ0) is 15.2. The van der Waals surface area contributed by atoms with Gasteiger partial charge in [-0.3, -0.25) is 10.2 Å². The minimum Gasteiger partial charge on any atom is -0.323 e. The summed E-state index contributed by atoms with van der Waals surface area (Å²) >= 11 is 0. The van der Waals surface area contributed by atoms with Gasteiger partial charge in [0.1, 0.15) is 0 Å². The first-order valence-electron chi connectivity index (χ1n) is 6.26. The highest BCUT2D eigenvalue weighted by Gasteiger charge is 2.22. The van der Waals surface area contributed by atoms with Crippen molar-refractivity contribution in [2.24, 2.45) is 0 Å². The van der Waals surface area contributed by atoms with Crippen LogP contribution in [0.3, 0.4) is 0 Å². The van der Waals surface area contributed by atoms with Crippen LogP contribution in [0.2, 0.25) is 0 Å². The Kier molecular flexibility index (Phi) is 5.92. The van der Waals surface area contributed by atoms with Gasteiger partial charge in [-0.05, 0) is 24.5 Å². The average molecular weight is 318 g/mol. The standard InChI is InChI=1S/C12H19N2O4PS/c1-3-19(16,4-2)10-12(15)13-14-20(17,18)11-8-6-5-7-9-11/h5-9,14H,3-4,10H2,1-2H3,(H,13,15). The van der Waals surface area contributed by atoms with E-state index >= 15 is 0 Å². The Hall–Kier alpha value is -1.17. The molecular formula is C12H19N2O4PS. The van der Waals surface area contributed by atoms with Crippen molar-refractivity contribution in [1.82, 2.24) is 10.3 Å². The minimum absolute atomic E-state index is 0.0504. The van der Waals surface area contributed by atoms with Gasteiger partial charge in [0.05, 0.1) is 18.2 Å². The van der Waals surface area contributed by atoms with Gasteiger partial charge in [-0.15, -0.1) is 4.83 Å². The van der Waals surface area contributed by atoms with Gasteiger partial charge in [-0.25, -0.2) is 8.42 Å². The van der Waals surface area contributed by atoms with Crippen LogP contribution in [-0.2, 0) is 19.4 Å². The van der Waals surface area contributed by atoms with Crippen molar-refractivity contribution in [3.63, 3.8) is 0 Å². The summed E-state index contributed by atoms with van der Waals surface area (Å²) in [5.41, 5.74) is 2.10. The largest absolute Gasteiger partial charge is 0.323 e. The van der Waals surface area contributed by atoms with Gasteiger partial charge >= 0.3 is 0 Å². The summed E-state index contributed by atoms with van der Waals surface area (Å²) in [6.45, 7) is 3.51. The predicted molar refractivity (Wildman–Crippen MR) is 78.5 cm³/mol. The highest BCUT2D eigenvalue weighted by atomic mass is 32.2. The first kappa shape index (κ1) is 16.9. The third-order valence-corrected chi connectivity index (χ3v) is 7.40. The van der Waals surface area contributed by atoms with Crippen LogP contribution in [0.5, 0.6) is 0 Å². The first-order valence-corrected chi connectivity index (χ1v) is 10.0. The quantitative estimate of drug-likeness (QED) is 0.587. The summed E-state index contributed by atoms with van der Waals surface area (Å²) in [6, 6.07) is 7.68. The molecule has 0 bridgehead atoms. The highest BCUT2D eigenvalue weighted by molar-refractivity contribution is 7.89. The number of hydrazine groups is 1. The molecule has 0 saturated carbocycles. The molecule has 0 aromatic heterocycles. The van der Waals surface area contributed by atoms with Gasteiger partial charge in [0.2, 0.25) is 5.91 Å². The number of benzene rings is 1. The zero-order valence-electron chi connectivity index (χ0n) is 11.5. The molecule has 0 radical (unpaired) electrons. The second kappa shape index (κ2) is 7.02. The SMILES string of the molecule is CCP(=O)(CC)CC(=O)NNS(=O)(=O)c1ccccc1. The second-order valence-electron chi connectivity index (χ2n) is 4.32. The molecule has 1 amide bonds. The smallest absolute Gasteiger partial charge is 0.257 e. The molecule has 1 aromatic rings. The number of amides is 1. The Labute approximate surface area is 119 Å². The van der Waals surface area contributed by atoms with Crippen LogP contribution in [0, 0.1) is 0 Å². The molecule has 0 atom stereocenters. The number of hydrogen-bond acceptors (Lipinski definition) is 4. The van der Waals surface area contributed by atoms with Crippen LogP contribution in [0.1, 0.15) is 13.8 Å². The van der Waals surface area contributed by atoms with Crippen LogP contribution in [0.4, 0.5) is 0 Å². The van der Waals surface area contributed by atoms with Crippen molar-refractivity contribution >= 4 is 23.1 Å². The Balaban J connectivity index is 2.64. The third-order valence-electron chi connectivity index (χ3n) is 2.96. The molecular weight excluding hydrogens is 299 g/mol. The van der Waals surface area contributed by atoms with Gasteiger partial charge in [0.15, 0.2) is 0 Å². The fourth-order valence-corrected chi connectivity index (χ4v) is 3.91. The zero-order valence-corrected chi connectivity index (χ0v) is 13.2.